The van der Waals surface area contributed by atoms with Gasteiger partial charge in [-0.1, -0.05) is 0 Å². The predicted octanol–water partition coefficient (Wildman–Crippen LogP) is 0.481. The van der Waals surface area contributed by atoms with E-state index < -0.39 is 0 Å². The normalized spacial score (nSPS) is 16.3. The Morgan fingerprint density at radius 2 is 2.29 bits per heavy atom. The zero-order valence-corrected chi connectivity index (χ0v) is 8.00. The highest BCUT2D eigenvalue weighted by Gasteiger charge is 2.27. The number of rotatable bonds is 1. The van der Waals surface area contributed by atoms with Gasteiger partial charge in [-0.05, 0) is 24.4 Å². The minimum absolute atomic E-state index is 0.0948. The van der Waals surface area contributed by atoms with Gasteiger partial charge in [0.05, 0.1) is 5.52 Å². The van der Waals surface area contributed by atoms with Crippen LogP contribution in [0.25, 0.3) is 11.0 Å². The molecule has 0 radical (unpaired) electrons. The van der Waals surface area contributed by atoms with E-state index >= 15 is 0 Å². The Labute approximate surface area is 82.2 Å². The molecule has 1 fully saturated rings. The lowest BCUT2D eigenvalue weighted by atomic mass is 10.4. The third kappa shape index (κ3) is 0.971. The van der Waals surface area contributed by atoms with Crippen LogP contribution in [0.5, 0.6) is 0 Å². The Hall–Kier alpha value is -1.43. The molecule has 14 heavy (non-hydrogen) atoms. The van der Waals surface area contributed by atoms with Crippen molar-refractivity contribution in [3.8, 4) is 0 Å². The van der Waals surface area contributed by atoms with Gasteiger partial charge in [0.25, 0.3) is 5.56 Å². The van der Waals surface area contributed by atoms with E-state index in [1.54, 1.807) is 5.38 Å². The van der Waals surface area contributed by atoms with Gasteiger partial charge in [-0.15, -0.1) is 0 Å². The SMILES string of the molecule is O=c1[nH]c2csnc2c(=O)n1C1CC1. The summed E-state index contributed by atoms with van der Waals surface area (Å²) in [5.41, 5.74) is 0.348. The van der Waals surface area contributed by atoms with Crippen molar-refractivity contribution in [1.29, 1.82) is 0 Å². The molecule has 1 aliphatic rings. The van der Waals surface area contributed by atoms with E-state index in [4.69, 9.17) is 0 Å². The molecule has 1 N–H and O–H groups in total. The lowest BCUT2D eigenvalue weighted by Gasteiger charge is -1.99. The topological polar surface area (TPSA) is 67.8 Å². The molecular formula is C8H7N3O2S. The maximum absolute atomic E-state index is 11.8. The molecule has 0 spiro atoms. The molecule has 3 rings (SSSR count). The van der Waals surface area contributed by atoms with Crippen LogP contribution in [0.1, 0.15) is 18.9 Å². The maximum Gasteiger partial charge on any atom is 0.329 e. The lowest BCUT2D eigenvalue weighted by Crippen LogP contribution is -2.34. The van der Waals surface area contributed by atoms with Gasteiger partial charge >= 0.3 is 5.69 Å². The van der Waals surface area contributed by atoms with Crippen LogP contribution in [0, 0.1) is 0 Å². The van der Waals surface area contributed by atoms with E-state index in [1.807, 2.05) is 0 Å². The molecule has 0 aromatic carbocycles. The van der Waals surface area contributed by atoms with E-state index in [0.29, 0.717) is 11.0 Å². The lowest BCUT2D eigenvalue weighted by molar-refractivity contribution is 0.665. The summed E-state index contributed by atoms with van der Waals surface area (Å²) in [5.74, 6) is 0. The Morgan fingerprint density at radius 3 is 3.00 bits per heavy atom. The molecule has 6 heteroatoms. The number of hydrogen-bond acceptors (Lipinski definition) is 4. The number of aromatic amines is 1. The standard InChI is InChI=1S/C8H7N3O2S/c12-7-6-5(3-14-10-6)9-8(13)11(7)4-1-2-4/h3-4H,1-2H2,(H,9,13). The largest absolute Gasteiger partial charge is 0.329 e. The van der Waals surface area contributed by atoms with E-state index in [9.17, 15) is 9.59 Å². The Balaban J connectivity index is 2.48. The van der Waals surface area contributed by atoms with Crippen molar-refractivity contribution in [3.05, 3.63) is 26.2 Å². The van der Waals surface area contributed by atoms with Crippen LogP contribution in [-0.4, -0.2) is 13.9 Å². The number of hydrogen-bond donors (Lipinski definition) is 1. The van der Waals surface area contributed by atoms with Crippen LogP contribution in [0.3, 0.4) is 0 Å². The first-order valence-corrected chi connectivity index (χ1v) is 5.20. The molecule has 2 aromatic rings. The number of aromatic nitrogens is 3. The Kier molecular flexibility index (Phi) is 1.44. The molecule has 5 nitrogen and oxygen atoms in total. The van der Waals surface area contributed by atoms with Gasteiger partial charge in [-0.2, -0.15) is 4.37 Å². The van der Waals surface area contributed by atoms with Gasteiger partial charge in [-0.3, -0.25) is 9.36 Å². The number of fused-ring (bicyclic) bond motifs is 1. The number of nitrogens with one attached hydrogen (secondary N) is 1. The summed E-state index contributed by atoms with van der Waals surface area (Å²) < 4.78 is 5.25. The Morgan fingerprint density at radius 1 is 1.50 bits per heavy atom. The molecular weight excluding hydrogens is 202 g/mol. The monoisotopic (exact) mass is 209 g/mol. The fourth-order valence-electron chi connectivity index (χ4n) is 1.53. The zero-order valence-electron chi connectivity index (χ0n) is 7.19. The van der Waals surface area contributed by atoms with Gasteiger partial charge in [0.1, 0.15) is 0 Å². The van der Waals surface area contributed by atoms with Crippen LogP contribution in [0.4, 0.5) is 0 Å². The van der Waals surface area contributed by atoms with Crippen LogP contribution >= 0.6 is 11.5 Å². The minimum atomic E-state index is -0.315. The second-order valence-corrected chi connectivity index (χ2v) is 4.04. The van der Waals surface area contributed by atoms with Gasteiger partial charge in [-0.25, -0.2) is 4.79 Å². The molecule has 2 aromatic heterocycles. The number of H-pyrrole nitrogens is 1. The van der Waals surface area contributed by atoms with Gasteiger partial charge in [0, 0.05) is 11.4 Å². The Bertz CT molecular complexity index is 605. The van der Waals surface area contributed by atoms with Crippen LogP contribution in [0.15, 0.2) is 15.0 Å². The average Bonchev–Trinajstić information content (AvgIpc) is 2.84. The molecule has 0 aliphatic heterocycles. The second kappa shape index (κ2) is 2.54. The highest BCUT2D eigenvalue weighted by molar-refractivity contribution is 7.04. The van der Waals surface area contributed by atoms with E-state index in [-0.39, 0.29) is 17.3 Å². The predicted molar refractivity (Wildman–Crippen MR) is 52.8 cm³/mol. The summed E-state index contributed by atoms with van der Waals surface area (Å²) in [7, 11) is 0. The summed E-state index contributed by atoms with van der Waals surface area (Å²) in [4.78, 5) is 26.0. The van der Waals surface area contributed by atoms with Crippen LogP contribution in [0.2, 0.25) is 0 Å². The average molecular weight is 209 g/mol. The zero-order chi connectivity index (χ0) is 9.71. The van der Waals surface area contributed by atoms with Gasteiger partial charge in [0.15, 0.2) is 5.52 Å². The van der Waals surface area contributed by atoms with Crippen molar-refractivity contribution in [2.24, 2.45) is 0 Å². The van der Waals surface area contributed by atoms with Gasteiger partial charge in [0.2, 0.25) is 0 Å². The van der Waals surface area contributed by atoms with E-state index in [2.05, 4.69) is 9.36 Å². The fourth-order valence-corrected chi connectivity index (χ4v) is 2.14. The second-order valence-electron chi connectivity index (χ2n) is 3.41. The third-order valence-corrected chi connectivity index (χ3v) is 2.99. The van der Waals surface area contributed by atoms with Crippen molar-refractivity contribution in [3.63, 3.8) is 0 Å². The molecule has 1 saturated carbocycles. The number of nitrogens with zero attached hydrogens (tertiary/aromatic N) is 2. The quantitative estimate of drug-likeness (QED) is 0.742. The summed E-state index contributed by atoms with van der Waals surface area (Å²) in [6.07, 6.45) is 1.83. The third-order valence-electron chi connectivity index (χ3n) is 2.36. The van der Waals surface area contributed by atoms with E-state index in [1.165, 1.54) is 16.1 Å². The molecule has 0 bridgehead atoms. The van der Waals surface area contributed by atoms with Crippen molar-refractivity contribution in [2.45, 2.75) is 18.9 Å². The first-order chi connectivity index (χ1) is 6.77. The summed E-state index contributed by atoms with van der Waals surface area (Å²) in [6, 6.07) is 0.0948. The highest BCUT2D eigenvalue weighted by Crippen LogP contribution is 2.32. The summed E-state index contributed by atoms with van der Waals surface area (Å²) in [5, 5.41) is 1.68. The van der Waals surface area contributed by atoms with E-state index in [0.717, 1.165) is 12.8 Å². The first kappa shape index (κ1) is 7.93. The van der Waals surface area contributed by atoms with Gasteiger partial charge < -0.3 is 4.98 Å². The fraction of sp³-hybridized carbons (Fsp3) is 0.375. The molecule has 0 saturated heterocycles. The molecule has 1 aliphatic carbocycles. The van der Waals surface area contributed by atoms with Crippen molar-refractivity contribution in [1.82, 2.24) is 13.9 Å². The molecule has 0 amide bonds. The summed E-state index contributed by atoms with van der Waals surface area (Å²) >= 11 is 1.18. The highest BCUT2D eigenvalue weighted by atomic mass is 32.1. The minimum Gasteiger partial charge on any atom is -0.304 e. The van der Waals surface area contributed by atoms with Crippen molar-refractivity contribution in [2.75, 3.05) is 0 Å². The molecule has 0 unspecified atom stereocenters. The molecule has 2 heterocycles. The smallest absolute Gasteiger partial charge is 0.304 e. The molecule has 72 valence electrons. The first-order valence-electron chi connectivity index (χ1n) is 4.36. The molecule has 0 atom stereocenters. The maximum atomic E-state index is 11.8. The van der Waals surface area contributed by atoms with Crippen molar-refractivity contribution < 1.29 is 0 Å². The van der Waals surface area contributed by atoms with Crippen LogP contribution in [-0.2, 0) is 0 Å². The van der Waals surface area contributed by atoms with Crippen LogP contribution < -0.4 is 11.2 Å². The summed E-state index contributed by atoms with van der Waals surface area (Å²) in [6.45, 7) is 0. The van der Waals surface area contributed by atoms with Crippen molar-refractivity contribution >= 4 is 22.6 Å².